The Bertz CT molecular complexity index is 756. The molecule has 2 unspecified atom stereocenters. The van der Waals surface area contributed by atoms with Crippen LogP contribution >= 0.6 is 0 Å². The molecule has 0 bridgehead atoms. The van der Waals surface area contributed by atoms with Crippen LogP contribution in [0.1, 0.15) is 26.3 Å². The van der Waals surface area contributed by atoms with Crippen LogP contribution in [-0.4, -0.2) is 31.5 Å². The third-order valence-electron chi connectivity index (χ3n) is 4.39. The van der Waals surface area contributed by atoms with Crippen LogP contribution in [-0.2, 0) is 14.3 Å². The minimum Gasteiger partial charge on any atom is -0.493 e. The maximum absolute atomic E-state index is 14.0. The first-order valence-electron chi connectivity index (χ1n) is 7.68. The summed E-state index contributed by atoms with van der Waals surface area (Å²) in [6.45, 7) is 3.31. The van der Waals surface area contributed by atoms with E-state index in [9.17, 15) is 26.7 Å². The Kier molecular flexibility index (Phi) is 5.21. The number of rotatable bonds is 4. The molecule has 1 aliphatic heterocycles. The van der Waals surface area contributed by atoms with Gasteiger partial charge in [0.1, 0.15) is 0 Å². The van der Waals surface area contributed by atoms with Crippen LogP contribution < -0.4 is 4.74 Å². The summed E-state index contributed by atoms with van der Waals surface area (Å²) in [5.41, 5.74) is -3.23. The second-order valence-electron chi connectivity index (χ2n) is 5.83. The van der Waals surface area contributed by atoms with Gasteiger partial charge in [-0.3, -0.25) is 0 Å². The molecule has 144 valence electrons. The molecule has 1 aliphatic rings. The van der Waals surface area contributed by atoms with E-state index >= 15 is 0 Å². The van der Waals surface area contributed by atoms with E-state index in [0.29, 0.717) is 0 Å². The van der Waals surface area contributed by atoms with E-state index in [2.05, 4.69) is 0 Å². The maximum atomic E-state index is 14.0. The minimum atomic E-state index is -4.84. The van der Waals surface area contributed by atoms with Crippen molar-refractivity contribution in [1.29, 1.82) is 0 Å². The summed E-state index contributed by atoms with van der Waals surface area (Å²) in [5, 5.41) is 0. The monoisotopic (exact) mass is 380 g/mol. The lowest BCUT2D eigenvalue weighted by Crippen LogP contribution is -2.47. The normalized spacial score (nSPS) is 23.0. The largest absolute Gasteiger partial charge is 0.493 e. The number of hydrogen-bond acceptors (Lipinski definition) is 4. The molecule has 0 saturated carbocycles. The molecule has 1 aromatic rings. The van der Waals surface area contributed by atoms with Crippen molar-refractivity contribution in [3.8, 4) is 5.75 Å². The van der Waals surface area contributed by atoms with Crippen molar-refractivity contribution in [3.63, 3.8) is 0 Å². The van der Waals surface area contributed by atoms with Gasteiger partial charge in [0.25, 0.3) is 0 Å². The van der Waals surface area contributed by atoms with Crippen LogP contribution in [0.4, 0.5) is 22.0 Å². The van der Waals surface area contributed by atoms with Crippen LogP contribution in [0.5, 0.6) is 5.75 Å². The van der Waals surface area contributed by atoms with Crippen LogP contribution in [0.15, 0.2) is 17.9 Å². The molecule has 0 radical (unpaired) electrons. The fourth-order valence-corrected chi connectivity index (χ4v) is 2.78. The molecule has 4 nitrogen and oxygen atoms in total. The second kappa shape index (κ2) is 6.77. The molecule has 0 aliphatic carbocycles. The summed E-state index contributed by atoms with van der Waals surface area (Å²) in [5.74, 6) is -6.50. The van der Waals surface area contributed by atoms with Crippen molar-refractivity contribution in [2.75, 3.05) is 13.7 Å². The lowest BCUT2D eigenvalue weighted by atomic mass is 9.82. The van der Waals surface area contributed by atoms with Crippen LogP contribution in [0.25, 0.3) is 5.57 Å². The first kappa shape index (κ1) is 20.0. The maximum Gasteiger partial charge on any atom is 0.428 e. The van der Waals surface area contributed by atoms with Gasteiger partial charge in [0.15, 0.2) is 11.6 Å². The number of ether oxygens (including phenoxy) is 3. The molecule has 9 heteroatoms. The molecule has 0 N–H and O–H groups in total. The zero-order valence-corrected chi connectivity index (χ0v) is 14.5. The van der Waals surface area contributed by atoms with Gasteiger partial charge in [0, 0.05) is 17.1 Å². The van der Waals surface area contributed by atoms with E-state index in [1.807, 2.05) is 0 Å². The molecule has 1 aromatic carbocycles. The van der Waals surface area contributed by atoms with Gasteiger partial charge in [0.2, 0.25) is 17.2 Å². The molecule has 2 atom stereocenters. The Balaban J connectivity index is 2.73. The molecule has 0 aromatic heterocycles. The van der Waals surface area contributed by atoms with Crippen molar-refractivity contribution in [2.45, 2.75) is 32.5 Å². The van der Waals surface area contributed by atoms with Crippen molar-refractivity contribution in [2.24, 2.45) is 5.92 Å². The third-order valence-corrected chi connectivity index (χ3v) is 4.39. The molecule has 1 heterocycles. The molecule has 26 heavy (non-hydrogen) atoms. The molecule has 0 spiro atoms. The predicted octanol–water partition coefficient (Wildman–Crippen LogP) is 4.23. The second-order valence-corrected chi connectivity index (χ2v) is 5.83. The van der Waals surface area contributed by atoms with Gasteiger partial charge < -0.3 is 14.2 Å². The van der Waals surface area contributed by atoms with Gasteiger partial charge in [-0.05, 0) is 26.0 Å². The average molecular weight is 380 g/mol. The topological polar surface area (TPSA) is 44.8 Å². The molecule has 0 amide bonds. The van der Waals surface area contributed by atoms with E-state index in [4.69, 9.17) is 14.2 Å². The zero-order valence-electron chi connectivity index (χ0n) is 14.5. The quantitative estimate of drug-likeness (QED) is 0.579. The number of carbonyl (C=O) groups is 1. The summed E-state index contributed by atoms with van der Waals surface area (Å²) in [4.78, 5) is 12.2. The Morgan fingerprint density at radius 3 is 2.42 bits per heavy atom. The number of alkyl halides is 3. The minimum absolute atomic E-state index is 0.106. The van der Waals surface area contributed by atoms with E-state index in [1.54, 1.807) is 0 Å². The van der Waals surface area contributed by atoms with Crippen molar-refractivity contribution < 1.29 is 41.0 Å². The first-order chi connectivity index (χ1) is 12.0. The highest BCUT2D eigenvalue weighted by atomic mass is 19.4. The van der Waals surface area contributed by atoms with Gasteiger partial charge in [-0.1, -0.05) is 6.92 Å². The molecule has 0 saturated heterocycles. The van der Waals surface area contributed by atoms with Crippen LogP contribution in [0.2, 0.25) is 0 Å². The van der Waals surface area contributed by atoms with Gasteiger partial charge in [-0.25, -0.2) is 9.18 Å². The van der Waals surface area contributed by atoms with Crippen LogP contribution in [0.3, 0.4) is 0 Å². The number of benzene rings is 1. The number of methoxy groups -OCH3 is 1. The standard InChI is InChI=1S/C17H17F5O4/c1-5-25-15(23)14-11(8(2)16(3,26-14)17(20,21)22)9-6-7-10(18)12(19)13(9)24-4/h6-8H,5H2,1-4H3. The summed E-state index contributed by atoms with van der Waals surface area (Å²) < 4.78 is 82.8. The zero-order chi connectivity index (χ0) is 19.9. The number of hydrogen-bond donors (Lipinski definition) is 0. The van der Waals surface area contributed by atoms with Gasteiger partial charge in [-0.2, -0.15) is 17.6 Å². The SMILES string of the molecule is CCOC(=O)C1=C(c2ccc(F)c(F)c2OC)C(C)C(C)(C(F)(F)F)O1. The van der Waals surface area contributed by atoms with Crippen molar-refractivity contribution in [1.82, 2.24) is 0 Å². The highest BCUT2D eigenvalue weighted by molar-refractivity contribution is 5.98. The third kappa shape index (κ3) is 2.99. The van der Waals surface area contributed by atoms with E-state index in [-0.39, 0.29) is 17.7 Å². The Labute approximate surface area is 146 Å². The highest BCUT2D eigenvalue weighted by Gasteiger charge is 2.63. The average Bonchev–Trinajstić information content (AvgIpc) is 2.83. The van der Waals surface area contributed by atoms with E-state index in [1.165, 1.54) is 13.8 Å². The lowest BCUT2D eigenvalue weighted by Gasteiger charge is -2.32. The van der Waals surface area contributed by atoms with Crippen LogP contribution in [0, 0.1) is 17.6 Å². The number of halogens is 5. The van der Waals surface area contributed by atoms with Gasteiger partial charge in [0.05, 0.1) is 13.7 Å². The highest BCUT2D eigenvalue weighted by Crippen LogP contribution is 2.53. The van der Waals surface area contributed by atoms with Gasteiger partial charge in [-0.15, -0.1) is 0 Å². The molecule has 2 rings (SSSR count). The smallest absolute Gasteiger partial charge is 0.428 e. The van der Waals surface area contributed by atoms with Crippen molar-refractivity contribution in [3.05, 3.63) is 35.1 Å². The van der Waals surface area contributed by atoms with Gasteiger partial charge >= 0.3 is 12.1 Å². The fraction of sp³-hybridized carbons (Fsp3) is 0.471. The summed E-state index contributed by atoms with van der Waals surface area (Å²) in [6, 6.07) is 1.77. The summed E-state index contributed by atoms with van der Waals surface area (Å²) >= 11 is 0. The Morgan fingerprint density at radius 2 is 1.92 bits per heavy atom. The van der Waals surface area contributed by atoms with E-state index < -0.39 is 46.8 Å². The first-order valence-corrected chi connectivity index (χ1v) is 7.68. The summed E-state index contributed by atoms with van der Waals surface area (Å²) in [7, 11) is 1.04. The molecular formula is C17H17F5O4. The molecular weight excluding hydrogens is 363 g/mol. The Hall–Kier alpha value is -2.32. The van der Waals surface area contributed by atoms with E-state index in [0.717, 1.165) is 26.2 Å². The predicted molar refractivity (Wildman–Crippen MR) is 81.2 cm³/mol. The fourth-order valence-electron chi connectivity index (χ4n) is 2.78. The number of carbonyl (C=O) groups excluding carboxylic acids is 1. The van der Waals surface area contributed by atoms with Crippen molar-refractivity contribution >= 4 is 11.5 Å². The number of esters is 1. The summed E-state index contributed by atoms with van der Waals surface area (Å²) in [6.07, 6.45) is -4.84. The Morgan fingerprint density at radius 1 is 1.31 bits per heavy atom. The lowest BCUT2D eigenvalue weighted by molar-refractivity contribution is -0.262. The molecule has 0 fully saturated rings.